The zero-order valence-corrected chi connectivity index (χ0v) is 8.13. The van der Waals surface area contributed by atoms with Gasteiger partial charge in [0.25, 0.3) is 5.91 Å². The van der Waals surface area contributed by atoms with Gasteiger partial charge in [0, 0.05) is 6.92 Å². The summed E-state index contributed by atoms with van der Waals surface area (Å²) < 4.78 is 0. The van der Waals surface area contributed by atoms with E-state index in [-0.39, 0.29) is 16.8 Å². The summed E-state index contributed by atoms with van der Waals surface area (Å²) >= 11 is 5.57. The number of rotatable bonds is 1. The molecule has 0 aromatic carbocycles. The van der Waals surface area contributed by atoms with Gasteiger partial charge in [0.1, 0.15) is 10.8 Å². The molecule has 1 rings (SSSR count). The van der Waals surface area contributed by atoms with E-state index in [2.05, 4.69) is 15.8 Å². The highest BCUT2D eigenvalue weighted by Crippen LogP contribution is 2.04. The highest BCUT2D eigenvalue weighted by molar-refractivity contribution is 6.29. The van der Waals surface area contributed by atoms with Gasteiger partial charge in [-0.25, -0.2) is 4.98 Å². The van der Waals surface area contributed by atoms with Gasteiger partial charge >= 0.3 is 0 Å². The van der Waals surface area contributed by atoms with Crippen molar-refractivity contribution in [2.45, 2.75) is 6.92 Å². The highest BCUT2D eigenvalue weighted by Gasteiger charge is 2.06. The molecule has 0 aliphatic rings. The Morgan fingerprint density at radius 3 is 2.64 bits per heavy atom. The number of nitrogens with one attached hydrogen (secondary N) is 2. The van der Waals surface area contributed by atoms with Crippen molar-refractivity contribution in [3.8, 4) is 0 Å². The van der Waals surface area contributed by atoms with E-state index >= 15 is 0 Å². The van der Waals surface area contributed by atoms with E-state index < -0.39 is 5.91 Å². The summed E-state index contributed by atoms with van der Waals surface area (Å²) in [5.41, 5.74) is 4.45. The topological polar surface area (TPSA) is 71.1 Å². The fourth-order valence-electron chi connectivity index (χ4n) is 0.744. The molecule has 0 radical (unpaired) electrons. The number of nitrogens with zero attached hydrogens (tertiary/aromatic N) is 1. The molecule has 0 bridgehead atoms. The van der Waals surface area contributed by atoms with Gasteiger partial charge in [0.2, 0.25) is 5.91 Å². The fourth-order valence-corrected chi connectivity index (χ4v) is 0.907. The molecule has 0 saturated carbocycles. The molecule has 74 valence electrons. The summed E-state index contributed by atoms with van der Waals surface area (Å²) in [6.07, 6.45) is 0. The van der Waals surface area contributed by atoms with Crippen LogP contribution in [0.4, 0.5) is 0 Å². The average molecular weight is 214 g/mol. The predicted molar refractivity (Wildman–Crippen MR) is 50.5 cm³/mol. The smallest absolute Gasteiger partial charge is 0.274 e. The Labute approximate surface area is 85.4 Å². The molecule has 0 aliphatic heterocycles. The summed E-state index contributed by atoms with van der Waals surface area (Å²) in [5, 5.41) is 0.223. The summed E-state index contributed by atoms with van der Waals surface area (Å²) in [7, 11) is 0. The van der Waals surface area contributed by atoms with Crippen molar-refractivity contribution in [2.75, 3.05) is 0 Å². The standard InChI is InChI=1S/C8H8ClN3O2/c1-5(13)11-12-8(14)6-3-2-4-7(9)10-6/h2-4H,1H3,(H,11,13)(H,12,14). The molecule has 0 atom stereocenters. The van der Waals surface area contributed by atoms with Gasteiger partial charge in [0.15, 0.2) is 0 Å². The second kappa shape index (κ2) is 4.57. The minimum absolute atomic E-state index is 0.145. The van der Waals surface area contributed by atoms with Gasteiger partial charge in [0.05, 0.1) is 0 Å². The van der Waals surface area contributed by atoms with Gasteiger partial charge in [-0.2, -0.15) is 0 Å². The molecule has 0 spiro atoms. The number of hydrogen-bond acceptors (Lipinski definition) is 3. The third kappa shape index (κ3) is 3.02. The predicted octanol–water partition coefficient (Wildman–Crippen LogP) is 0.516. The Morgan fingerprint density at radius 1 is 1.36 bits per heavy atom. The minimum Gasteiger partial charge on any atom is -0.274 e. The summed E-state index contributed by atoms with van der Waals surface area (Å²) in [6, 6.07) is 4.64. The lowest BCUT2D eigenvalue weighted by atomic mass is 10.3. The molecule has 0 fully saturated rings. The van der Waals surface area contributed by atoms with Gasteiger partial charge in [-0.1, -0.05) is 17.7 Å². The number of carbonyl (C=O) groups is 2. The van der Waals surface area contributed by atoms with Crippen LogP contribution in [0.5, 0.6) is 0 Å². The van der Waals surface area contributed by atoms with E-state index in [0.29, 0.717) is 0 Å². The Kier molecular flexibility index (Phi) is 3.41. The van der Waals surface area contributed by atoms with E-state index in [0.717, 1.165) is 0 Å². The van der Waals surface area contributed by atoms with Crippen molar-refractivity contribution in [2.24, 2.45) is 0 Å². The maximum Gasteiger partial charge on any atom is 0.288 e. The number of pyridine rings is 1. The second-order valence-electron chi connectivity index (χ2n) is 2.48. The fraction of sp³-hybridized carbons (Fsp3) is 0.125. The Bertz CT molecular complexity index is 367. The van der Waals surface area contributed by atoms with E-state index in [9.17, 15) is 9.59 Å². The van der Waals surface area contributed by atoms with Crippen molar-refractivity contribution < 1.29 is 9.59 Å². The van der Waals surface area contributed by atoms with Crippen molar-refractivity contribution >= 4 is 23.4 Å². The molecule has 1 heterocycles. The molecule has 2 N–H and O–H groups in total. The molecule has 0 saturated heterocycles. The van der Waals surface area contributed by atoms with E-state index in [1.54, 1.807) is 12.1 Å². The van der Waals surface area contributed by atoms with E-state index in [4.69, 9.17) is 11.6 Å². The van der Waals surface area contributed by atoms with Crippen LogP contribution >= 0.6 is 11.6 Å². The lowest BCUT2D eigenvalue weighted by Crippen LogP contribution is -2.40. The first-order chi connectivity index (χ1) is 6.59. The SMILES string of the molecule is CC(=O)NNC(=O)c1cccc(Cl)n1. The van der Waals surface area contributed by atoms with E-state index in [1.807, 2.05) is 0 Å². The van der Waals surface area contributed by atoms with Crippen LogP contribution in [0.15, 0.2) is 18.2 Å². The molecule has 0 aliphatic carbocycles. The Balaban J connectivity index is 2.65. The molecule has 14 heavy (non-hydrogen) atoms. The molecule has 6 heteroatoms. The summed E-state index contributed by atoms with van der Waals surface area (Å²) in [4.78, 5) is 25.5. The molecular formula is C8H8ClN3O2. The van der Waals surface area contributed by atoms with Gasteiger partial charge in [-0.15, -0.1) is 0 Å². The number of aromatic nitrogens is 1. The average Bonchev–Trinajstić information content (AvgIpc) is 2.14. The zero-order valence-electron chi connectivity index (χ0n) is 7.37. The van der Waals surface area contributed by atoms with Gasteiger partial charge < -0.3 is 0 Å². The van der Waals surface area contributed by atoms with Gasteiger partial charge in [-0.05, 0) is 12.1 Å². The van der Waals surface area contributed by atoms with Crippen LogP contribution in [0.25, 0.3) is 0 Å². The highest BCUT2D eigenvalue weighted by atomic mass is 35.5. The van der Waals surface area contributed by atoms with Crippen LogP contribution in [0.2, 0.25) is 5.15 Å². The third-order valence-corrected chi connectivity index (χ3v) is 1.51. The van der Waals surface area contributed by atoms with Crippen LogP contribution in [0.3, 0.4) is 0 Å². The maximum absolute atomic E-state index is 11.3. The van der Waals surface area contributed by atoms with Gasteiger partial charge in [-0.3, -0.25) is 20.4 Å². The molecule has 2 amide bonds. The number of hydrogen-bond donors (Lipinski definition) is 2. The quantitative estimate of drug-likeness (QED) is 0.528. The van der Waals surface area contributed by atoms with Crippen molar-refractivity contribution in [3.05, 3.63) is 29.0 Å². The first kappa shape index (κ1) is 10.5. The number of carbonyl (C=O) groups excluding carboxylic acids is 2. The lowest BCUT2D eigenvalue weighted by molar-refractivity contribution is -0.119. The van der Waals surface area contributed by atoms with Crippen LogP contribution in [0, 0.1) is 0 Å². The largest absolute Gasteiger partial charge is 0.288 e. The second-order valence-corrected chi connectivity index (χ2v) is 2.87. The molecule has 1 aromatic rings. The summed E-state index contributed by atoms with van der Waals surface area (Å²) in [5.74, 6) is -0.872. The normalized spacial score (nSPS) is 9.29. The van der Waals surface area contributed by atoms with Crippen molar-refractivity contribution in [1.82, 2.24) is 15.8 Å². The minimum atomic E-state index is -0.511. The summed E-state index contributed by atoms with van der Waals surface area (Å²) in [6.45, 7) is 1.28. The van der Waals surface area contributed by atoms with Crippen LogP contribution in [0.1, 0.15) is 17.4 Å². The molecular weight excluding hydrogens is 206 g/mol. The number of halogens is 1. The third-order valence-electron chi connectivity index (χ3n) is 1.30. The van der Waals surface area contributed by atoms with E-state index in [1.165, 1.54) is 13.0 Å². The van der Waals surface area contributed by atoms with Crippen LogP contribution < -0.4 is 10.9 Å². The first-order valence-electron chi connectivity index (χ1n) is 3.79. The maximum atomic E-state index is 11.3. The van der Waals surface area contributed by atoms with Crippen molar-refractivity contribution in [3.63, 3.8) is 0 Å². The Hall–Kier alpha value is -1.62. The van der Waals surface area contributed by atoms with Crippen LogP contribution in [-0.4, -0.2) is 16.8 Å². The van der Waals surface area contributed by atoms with Crippen LogP contribution in [-0.2, 0) is 4.79 Å². The molecule has 5 nitrogen and oxygen atoms in total. The Morgan fingerprint density at radius 2 is 2.07 bits per heavy atom. The van der Waals surface area contributed by atoms with Crippen molar-refractivity contribution in [1.29, 1.82) is 0 Å². The first-order valence-corrected chi connectivity index (χ1v) is 4.17. The molecule has 0 unspecified atom stereocenters. The molecule has 1 aromatic heterocycles. The number of hydrazine groups is 1. The zero-order chi connectivity index (χ0) is 10.6. The number of amides is 2. The lowest BCUT2D eigenvalue weighted by Gasteiger charge is -2.03. The monoisotopic (exact) mass is 213 g/mol.